The Labute approximate surface area is 223 Å². The van der Waals surface area contributed by atoms with Crippen LogP contribution in [0.3, 0.4) is 0 Å². The maximum Gasteiger partial charge on any atom is 0.254 e. The maximum absolute atomic E-state index is 14.7. The highest BCUT2D eigenvalue weighted by molar-refractivity contribution is 7.14. The molecule has 2 N–H and O–H groups in total. The van der Waals surface area contributed by atoms with Gasteiger partial charge in [-0.1, -0.05) is 24.0 Å². The van der Waals surface area contributed by atoms with Crippen molar-refractivity contribution in [3.8, 4) is 10.7 Å². The molecule has 0 saturated carbocycles. The molecule has 38 heavy (non-hydrogen) atoms. The third-order valence-corrected chi connectivity index (χ3v) is 7.39. The second-order valence-electron chi connectivity index (χ2n) is 10.4. The zero-order valence-electron chi connectivity index (χ0n) is 21.8. The van der Waals surface area contributed by atoms with E-state index in [9.17, 15) is 9.18 Å². The number of rotatable bonds is 7. The average molecular weight is 539 g/mol. The summed E-state index contributed by atoms with van der Waals surface area (Å²) in [4.78, 5) is 18.9. The van der Waals surface area contributed by atoms with Crippen molar-refractivity contribution in [1.82, 2.24) is 44.8 Å². The highest BCUT2D eigenvalue weighted by Gasteiger charge is 2.28. The summed E-state index contributed by atoms with van der Waals surface area (Å²) in [6.07, 6.45) is 8.00. The Morgan fingerprint density at radius 3 is 2.82 bits per heavy atom. The summed E-state index contributed by atoms with van der Waals surface area (Å²) < 4.78 is 18.1. The number of hydrogen-bond acceptors (Lipinski definition) is 9. The number of nitrogens with zero attached hydrogens (tertiary/aromatic N) is 8. The SMILES string of the molecule is C=Cc1c(-c2nnc(CNC(=O)c3cnn(C(C)(C)C)c3)s2)nn2c(N[C@@H]3CCN(C)C[C@@H]3F)cncc12. The fourth-order valence-corrected chi connectivity index (χ4v) is 5.11. The molecule has 1 fully saturated rings. The standard InChI is InChI=1S/C25H31FN10OS/c1-6-16-19-10-27-11-20(30-18-7-8-34(5)14-17(18)26)36(19)33-22(16)24-32-31-21(38-24)12-28-23(37)15-9-29-35(13-15)25(2,3)4/h6,9-11,13,17-18,30H,1,7-8,12,14H2,2-5H3,(H,28,37)/t17-,18+/m0/s1. The van der Waals surface area contributed by atoms with Gasteiger partial charge < -0.3 is 15.5 Å². The van der Waals surface area contributed by atoms with Crippen LogP contribution in [0.15, 0.2) is 31.4 Å². The van der Waals surface area contributed by atoms with Crippen LogP contribution in [0.1, 0.15) is 48.1 Å². The molecule has 4 aromatic rings. The molecule has 4 aromatic heterocycles. The number of nitrogens with one attached hydrogen (secondary N) is 2. The van der Waals surface area contributed by atoms with Crippen molar-refractivity contribution in [1.29, 1.82) is 0 Å². The molecule has 13 heteroatoms. The van der Waals surface area contributed by atoms with E-state index in [2.05, 4.69) is 37.5 Å². The number of aromatic nitrogens is 7. The molecule has 5 heterocycles. The van der Waals surface area contributed by atoms with Crippen LogP contribution in [0, 0.1) is 0 Å². The molecule has 0 aromatic carbocycles. The predicted molar refractivity (Wildman–Crippen MR) is 145 cm³/mol. The topological polar surface area (TPSA) is 118 Å². The molecule has 1 aliphatic heterocycles. The minimum atomic E-state index is -0.998. The zero-order chi connectivity index (χ0) is 27.0. The minimum Gasteiger partial charge on any atom is -0.363 e. The van der Waals surface area contributed by atoms with Crippen molar-refractivity contribution in [3.05, 3.63) is 47.5 Å². The van der Waals surface area contributed by atoms with E-state index in [0.717, 1.165) is 17.6 Å². The van der Waals surface area contributed by atoms with Crippen LogP contribution in [-0.4, -0.2) is 77.7 Å². The lowest BCUT2D eigenvalue weighted by Crippen LogP contribution is -2.46. The highest BCUT2D eigenvalue weighted by Crippen LogP contribution is 2.31. The molecule has 2 atom stereocenters. The van der Waals surface area contributed by atoms with Crippen LogP contribution >= 0.6 is 11.3 Å². The second-order valence-corrected chi connectivity index (χ2v) is 11.5. The van der Waals surface area contributed by atoms with E-state index in [1.165, 1.54) is 11.3 Å². The largest absolute Gasteiger partial charge is 0.363 e. The molecule has 5 rings (SSSR count). The Bertz CT molecular complexity index is 1470. The van der Waals surface area contributed by atoms with Crippen LogP contribution in [0.4, 0.5) is 10.2 Å². The van der Waals surface area contributed by atoms with Crippen molar-refractivity contribution in [2.75, 3.05) is 25.5 Å². The average Bonchev–Trinajstić information content (AvgIpc) is 3.62. The van der Waals surface area contributed by atoms with Crippen LogP contribution in [0.25, 0.3) is 22.3 Å². The maximum atomic E-state index is 14.7. The number of anilines is 1. The van der Waals surface area contributed by atoms with Crippen LogP contribution in [-0.2, 0) is 12.1 Å². The molecule has 1 saturated heterocycles. The van der Waals surface area contributed by atoms with E-state index in [1.807, 2.05) is 32.7 Å². The number of carbonyl (C=O) groups is 1. The monoisotopic (exact) mass is 538 g/mol. The molecule has 0 spiro atoms. The van der Waals surface area contributed by atoms with E-state index in [-0.39, 0.29) is 24.0 Å². The Kier molecular flexibility index (Phi) is 6.97. The minimum absolute atomic E-state index is 0.213. The number of amides is 1. The zero-order valence-corrected chi connectivity index (χ0v) is 22.7. The molecular formula is C25H31FN10OS. The molecule has 11 nitrogen and oxygen atoms in total. The molecule has 0 unspecified atom stereocenters. The first-order chi connectivity index (χ1) is 18.1. The van der Waals surface area contributed by atoms with E-state index in [0.29, 0.717) is 40.1 Å². The summed E-state index contributed by atoms with van der Waals surface area (Å²) in [7, 11) is 1.92. The lowest BCUT2D eigenvalue weighted by molar-refractivity contribution is 0.0950. The van der Waals surface area contributed by atoms with Gasteiger partial charge in [-0.25, -0.2) is 8.91 Å². The molecular weight excluding hydrogens is 507 g/mol. The van der Waals surface area contributed by atoms with Gasteiger partial charge in [-0.3, -0.25) is 14.5 Å². The van der Waals surface area contributed by atoms with Gasteiger partial charge in [0.2, 0.25) is 0 Å². The van der Waals surface area contributed by atoms with Crippen molar-refractivity contribution < 1.29 is 9.18 Å². The van der Waals surface area contributed by atoms with E-state index in [4.69, 9.17) is 5.10 Å². The van der Waals surface area contributed by atoms with Gasteiger partial charge in [0.15, 0.2) is 5.01 Å². The highest BCUT2D eigenvalue weighted by atomic mass is 32.1. The Morgan fingerprint density at radius 2 is 2.11 bits per heavy atom. The first-order valence-corrected chi connectivity index (χ1v) is 13.2. The van der Waals surface area contributed by atoms with Gasteiger partial charge in [-0.15, -0.1) is 10.2 Å². The number of alkyl halides is 1. The van der Waals surface area contributed by atoms with Crippen molar-refractivity contribution in [2.45, 2.75) is 51.5 Å². The Balaban J connectivity index is 1.34. The fourth-order valence-electron chi connectivity index (χ4n) is 4.34. The van der Waals surface area contributed by atoms with Crippen LogP contribution in [0.5, 0.6) is 0 Å². The summed E-state index contributed by atoms with van der Waals surface area (Å²) in [6, 6.07) is -0.328. The normalized spacial score (nSPS) is 18.6. The predicted octanol–water partition coefficient (Wildman–Crippen LogP) is 3.23. The van der Waals surface area contributed by atoms with Gasteiger partial charge in [-0.2, -0.15) is 10.2 Å². The van der Waals surface area contributed by atoms with Gasteiger partial charge in [0.25, 0.3) is 5.91 Å². The van der Waals surface area contributed by atoms with E-state index >= 15 is 0 Å². The molecule has 1 aliphatic rings. The lowest BCUT2D eigenvalue weighted by Gasteiger charge is -2.33. The summed E-state index contributed by atoms with van der Waals surface area (Å²) in [5.74, 6) is 0.362. The number of fused-ring (bicyclic) bond motifs is 1. The Hall–Kier alpha value is -3.71. The summed E-state index contributed by atoms with van der Waals surface area (Å²) in [5, 5.41) is 25.0. The third kappa shape index (κ3) is 5.16. The van der Waals surface area contributed by atoms with Crippen LogP contribution < -0.4 is 10.6 Å². The van der Waals surface area contributed by atoms with Gasteiger partial charge in [-0.05, 0) is 34.2 Å². The summed E-state index contributed by atoms with van der Waals surface area (Å²) >= 11 is 1.33. The van der Waals surface area contributed by atoms with E-state index < -0.39 is 6.17 Å². The smallest absolute Gasteiger partial charge is 0.254 e. The van der Waals surface area contributed by atoms with Crippen molar-refractivity contribution in [3.63, 3.8) is 0 Å². The van der Waals surface area contributed by atoms with Gasteiger partial charge in [0.1, 0.15) is 22.7 Å². The number of carbonyl (C=O) groups excluding carboxylic acids is 1. The first kappa shape index (κ1) is 25.9. The van der Waals surface area contributed by atoms with Crippen LogP contribution in [0.2, 0.25) is 0 Å². The molecule has 1 amide bonds. The summed E-state index contributed by atoms with van der Waals surface area (Å²) in [5.41, 5.74) is 2.34. The van der Waals surface area contributed by atoms with E-state index in [1.54, 1.807) is 40.1 Å². The quantitative estimate of drug-likeness (QED) is 0.368. The third-order valence-electron chi connectivity index (χ3n) is 6.46. The molecule has 0 aliphatic carbocycles. The first-order valence-electron chi connectivity index (χ1n) is 12.4. The lowest BCUT2D eigenvalue weighted by atomic mass is 10.0. The second kappa shape index (κ2) is 10.2. The van der Waals surface area contributed by atoms with Crippen molar-refractivity contribution >= 4 is 34.7 Å². The van der Waals surface area contributed by atoms with Crippen molar-refractivity contribution in [2.24, 2.45) is 0 Å². The number of halogens is 1. The number of likely N-dealkylation sites (tertiary alicyclic amines) is 1. The van der Waals surface area contributed by atoms with Gasteiger partial charge >= 0.3 is 0 Å². The number of piperidine rings is 1. The fraction of sp³-hybridized carbons (Fsp3) is 0.440. The molecule has 0 radical (unpaired) electrons. The Morgan fingerprint density at radius 1 is 1.29 bits per heavy atom. The summed E-state index contributed by atoms with van der Waals surface area (Å²) in [6.45, 7) is 11.4. The molecule has 0 bridgehead atoms. The number of hydrogen-bond donors (Lipinski definition) is 2. The van der Waals surface area contributed by atoms with Gasteiger partial charge in [0, 0.05) is 24.8 Å². The van der Waals surface area contributed by atoms with Gasteiger partial charge in [0.05, 0.1) is 47.8 Å². The molecule has 200 valence electrons.